The van der Waals surface area contributed by atoms with Crippen LogP contribution in [0.5, 0.6) is 0 Å². The van der Waals surface area contributed by atoms with Crippen molar-refractivity contribution >= 4 is 5.69 Å². The standard InChI is InChI=1S/C17H26N2/c1-11-7-12(2)17(13(3)8-11)18-15-9-14(4)19(10-15)16-5-6-16/h7-8,14-16,18H,5-6,9-10H2,1-4H3. The van der Waals surface area contributed by atoms with Gasteiger partial charge in [0.1, 0.15) is 0 Å². The van der Waals surface area contributed by atoms with Crippen LogP contribution in [0.1, 0.15) is 42.9 Å². The molecule has 1 heterocycles. The summed E-state index contributed by atoms with van der Waals surface area (Å²) in [6.45, 7) is 10.2. The van der Waals surface area contributed by atoms with Crippen LogP contribution in [0.3, 0.4) is 0 Å². The number of likely N-dealkylation sites (tertiary alicyclic amines) is 1. The van der Waals surface area contributed by atoms with Gasteiger partial charge in [0.25, 0.3) is 0 Å². The predicted molar refractivity (Wildman–Crippen MR) is 81.9 cm³/mol. The normalized spacial score (nSPS) is 27.8. The number of rotatable bonds is 3. The summed E-state index contributed by atoms with van der Waals surface area (Å²) < 4.78 is 0. The molecule has 2 heteroatoms. The zero-order valence-corrected chi connectivity index (χ0v) is 12.7. The van der Waals surface area contributed by atoms with Crippen molar-refractivity contribution in [3.63, 3.8) is 0 Å². The van der Waals surface area contributed by atoms with E-state index in [1.807, 2.05) is 0 Å². The van der Waals surface area contributed by atoms with Crippen LogP contribution < -0.4 is 5.32 Å². The van der Waals surface area contributed by atoms with Crippen molar-refractivity contribution < 1.29 is 0 Å². The SMILES string of the molecule is Cc1cc(C)c(NC2CC(C)N(C3CC3)C2)c(C)c1. The number of anilines is 1. The molecule has 1 aliphatic heterocycles. The number of aryl methyl sites for hydroxylation is 3. The molecule has 0 aromatic heterocycles. The fourth-order valence-electron chi connectivity index (χ4n) is 3.69. The molecule has 2 aliphatic rings. The van der Waals surface area contributed by atoms with E-state index >= 15 is 0 Å². The summed E-state index contributed by atoms with van der Waals surface area (Å²) in [5.74, 6) is 0. The average molecular weight is 258 g/mol. The van der Waals surface area contributed by atoms with E-state index in [2.05, 4.69) is 50.0 Å². The molecule has 0 amide bonds. The molecule has 1 aromatic carbocycles. The fourth-order valence-corrected chi connectivity index (χ4v) is 3.69. The second-order valence-electron chi connectivity index (χ2n) is 6.63. The van der Waals surface area contributed by atoms with E-state index in [1.165, 1.54) is 48.2 Å². The molecule has 1 saturated heterocycles. The number of benzene rings is 1. The van der Waals surface area contributed by atoms with Crippen LogP contribution in [-0.2, 0) is 0 Å². The third-order valence-corrected chi connectivity index (χ3v) is 4.66. The molecule has 1 aliphatic carbocycles. The Kier molecular flexibility index (Phi) is 3.30. The second-order valence-corrected chi connectivity index (χ2v) is 6.63. The van der Waals surface area contributed by atoms with Gasteiger partial charge in [-0.05, 0) is 58.1 Å². The van der Waals surface area contributed by atoms with Crippen molar-refractivity contribution in [3.8, 4) is 0 Å². The van der Waals surface area contributed by atoms with Gasteiger partial charge in [0.2, 0.25) is 0 Å². The minimum absolute atomic E-state index is 0.621. The Balaban J connectivity index is 1.72. The average Bonchev–Trinajstić information content (AvgIpc) is 3.09. The van der Waals surface area contributed by atoms with Gasteiger partial charge < -0.3 is 5.32 Å². The topological polar surface area (TPSA) is 15.3 Å². The molecule has 2 unspecified atom stereocenters. The molecular formula is C17H26N2. The maximum atomic E-state index is 3.81. The van der Waals surface area contributed by atoms with Crippen molar-refractivity contribution in [3.05, 3.63) is 28.8 Å². The van der Waals surface area contributed by atoms with E-state index in [0.717, 1.165) is 12.1 Å². The maximum absolute atomic E-state index is 3.81. The van der Waals surface area contributed by atoms with Gasteiger partial charge in [0, 0.05) is 30.4 Å². The molecule has 0 spiro atoms. The van der Waals surface area contributed by atoms with Gasteiger partial charge in [-0.3, -0.25) is 4.90 Å². The first kappa shape index (κ1) is 13.0. The fraction of sp³-hybridized carbons (Fsp3) is 0.647. The minimum Gasteiger partial charge on any atom is -0.381 e. The Labute approximate surface area is 117 Å². The lowest BCUT2D eigenvalue weighted by Gasteiger charge is -2.21. The first-order chi connectivity index (χ1) is 9.04. The second kappa shape index (κ2) is 4.82. The predicted octanol–water partition coefficient (Wildman–Crippen LogP) is 3.65. The van der Waals surface area contributed by atoms with Crippen LogP contribution in [0.2, 0.25) is 0 Å². The Morgan fingerprint density at radius 3 is 2.32 bits per heavy atom. The van der Waals surface area contributed by atoms with E-state index in [-0.39, 0.29) is 0 Å². The summed E-state index contributed by atoms with van der Waals surface area (Å²) >= 11 is 0. The summed E-state index contributed by atoms with van der Waals surface area (Å²) in [7, 11) is 0. The lowest BCUT2D eigenvalue weighted by Crippen LogP contribution is -2.31. The van der Waals surface area contributed by atoms with E-state index < -0.39 is 0 Å². The molecule has 2 atom stereocenters. The highest BCUT2D eigenvalue weighted by Gasteiger charge is 2.38. The molecule has 3 rings (SSSR count). The van der Waals surface area contributed by atoms with Gasteiger partial charge in [-0.15, -0.1) is 0 Å². The lowest BCUT2D eigenvalue weighted by molar-refractivity contribution is 0.257. The molecule has 19 heavy (non-hydrogen) atoms. The lowest BCUT2D eigenvalue weighted by atomic mass is 10.0. The number of nitrogens with one attached hydrogen (secondary N) is 1. The largest absolute Gasteiger partial charge is 0.381 e. The van der Waals surface area contributed by atoms with Crippen molar-refractivity contribution in [2.45, 2.75) is 65.1 Å². The van der Waals surface area contributed by atoms with Crippen LogP contribution >= 0.6 is 0 Å². The summed E-state index contributed by atoms with van der Waals surface area (Å²) in [5, 5.41) is 3.81. The van der Waals surface area contributed by atoms with Crippen LogP contribution in [-0.4, -0.2) is 29.6 Å². The van der Waals surface area contributed by atoms with Gasteiger partial charge >= 0.3 is 0 Å². The van der Waals surface area contributed by atoms with Crippen molar-refractivity contribution in [1.82, 2.24) is 4.90 Å². The summed E-state index contributed by atoms with van der Waals surface area (Å²) in [4.78, 5) is 2.70. The Morgan fingerprint density at radius 1 is 1.11 bits per heavy atom. The van der Waals surface area contributed by atoms with E-state index in [4.69, 9.17) is 0 Å². The number of nitrogens with zero attached hydrogens (tertiary/aromatic N) is 1. The maximum Gasteiger partial charge on any atom is 0.0403 e. The molecule has 1 aromatic rings. The van der Waals surface area contributed by atoms with Gasteiger partial charge in [-0.25, -0.2) is 0 Å². The molecular weight excluding hydrogens is 232 g/mol. The summed E-state index contributed by atoms with van der Waals surface area (Å²) in [6.07, 6.45) is 4.11. The van der Waals surface area contributed by atoms with Crippen LogP contribution in [0.15, 0.2) is 12.1 Å². The molecule has 1 N–H and O–H groups in total. The minimum atomic E-state index is 0.621. The van der Waals surface area contributed by atoms with Crippen LogP contribution in [0, 0.1) is 20.8 Å². The molecule has 1 saturated carbocycles. The van der Waals surface area contributed by atoms with Crippen molar-refractivity contribution in [2.75, 3.05) is 11.9 Å². The van der Waals surface area contributed by atoms with Crippen molar-refractivity contribution in [2.24, 2.45) is 0 Å². The van der Waals surface area contributed by atoms with E-state index in [1.54, 1.807) is 0 Å². The van der Waals surface area contributed by atoms with Gasteiger partial charge in [-0.2, -0.15) is 0 Å². The molecule has 0 bridgehead atoms. The zero-order chi connectivity index (χ0) is 13.6. The van der Waals surface area contributed by atoms with Crippen molar-refractivity contribution in [1.29, 1.82) is 0 Å². The summed E-state index contributed by atoms with van der Waals surface area (Å²) in [5.41, 5.74) is 5.49. The monoisotopic (exact) mass is 258 g/mol. The van der Waals surface area contributed by atoms with Gasteiger partial charge in [-0.1, -0.05) is 17.7 Å². The Morgan fingerprint density at radius 2 is 1.74 bits per heavy atom. The Hall–Kier alpha value is -1.02. The highest BCUT2D eigenvalue weighted by molar-refractivity contribution is 5.58. The molecule has 2 fully saturated rings. The molecule has 2 nitrogen and oxygen atoms in total. The smallest absolute Gasteiger partial charge is 0.0403 e. The first-order valence-corrected chi connectivity index (χ1v) is 7.64. The highest BCUT2D eigenvalue weighted by atomic mass is 15.3. The van der Waals surface area contributed by atoms with Gasteiger partial charge in [0.15, 0.2) is 0 Å². The third kappa shape index (κ3) is 2.64. The number of hydrogen-bond acceptors (Lipinski definition) is 2. The van der Waals surface area contributed by atoms with Crippen LogP contribution in [0.25, 0.3) is 0 Å². The number of hydrogen-bond donors (Lipinski definition) is 1. The molecule has 0 radical (unpaired) electrons. The van der Waals surface area contributed by atoms with Gasteiger partial charge in [0.05, 0.1) is 0 Å². The quantitative estimate of drug-likeness (QED) is 0.890. The highest BCUT2D eigenvalue weighted by Crippen LogP contribution is 2.34. The van der Waals surface area contributed by atoms with E-state index in [9.17, 15) is 0 Å². The zero-order valence-electron chi connectivity index (χ0n) is 12.7. The van der Waals surface area contributed by atoms with Crippen LogP contribution in [0.4, 0.5) is 5.69 Å². The third-order valence-electron chi connectivity index (χ3n) is 4.66. The Bertz CT molecular complexity index is 453. The first-order valence-electron chi connectivity index (χ1n) is 7.64. The van der Waals surface area contributed by atoms with E-state index in [0.29, 0.717) is 6.04 Å². The molecule has 104 valence electrons. The summed E-state index contributed by atoms with van der Waals surface area (Å²) in [6, 6.07) is 6.83.